The van der Waals surface area contributed by atoms with E-state index in [0.29, 0.717) is 22.4 Å². The third kappa shape index (κ3) is 3.61. The van der Waals surface area contributed by atoms with Gasteiger partial charge >= 0.3 is 6.36 Å². The Labute approximate surface area is 155 Å². The summed E-state index contributed by atoms with van der Waals surface area (Å²) in [5, 5.41) is 8.38. The highest BCUT2D eigenvalue weighted by atomic mass is 32.2. The van der Waals surface area contributed by atoms with E-state index in [1.165, 1.54) is 36.0 Å². The number of halogens is 3. The number of thioether (sulfide) groups is 1. The molecule has 0 radical (unpaired) electrons. The van der Waals surface area contributed by atoms with Crippen molar-refractivity contribution in [2.75, 3.05) is 6.26 Å². The maximum atomic E-state index is 12.3. The van der Waals surface area contributed by atoms with Gasteiger partial charge in [0.1, 0.15) is 12.1 Å². The minimum Gasteiger partial charge on any atom is -0.411 e. The number of ether oxygens (including phenoxy) is 1. The smallest absolute Gasteiger partial charge is 0.411 e. The van der Waals surface area contributed by atoms with Gasteiger partial charge in [-0.2, -0.15) is 0 Å². The van der Waals surface area contributed by atoms with Crippen LogP contribution in [0.2, 0.25) is 0 Å². The summed E-state index contributed by atoms with van der Waals surface area (Å²) >= 11 is 1.34. The number of imidazole rings is 1. The summed E-state index contributed by atoms with van der Waals surface area (Å²) in [6.07, 6.45) is -1.30. The number of hydrogen-bond donors (Lipinski definition) is 0. The number of hydrogen-bond acceptors (Lipinski definition) is 6. The SMILES string of the molecule is CSc1nnc(-c2ccc3ncn(-c4ccc(OC(F)(F)F)cc4)c3c2)o1. The molecule has 0 saturated heterocycles. The lowest BCUT2D eigenvalue weighted by Gasteiger charge is -2.10. The second-order valence-corrected chi connectivity index (χ2v) is 6.19. The molecule has 0 aliphatic heterocycles. The molecule has 0 saturated carbocycles. The van der Waals surface area contributed by atoms with Crippen molar-refractivity contribution in [2.45, 2.75) is 11.6 Å². The Balaban J connectivity index is 1.70. The molecule has 0 atom stereocenters. The molecule has 0 N–H and O–H groups in total. The summed E-state index contributed by atoms with van der Waals surface area (Å²) in [6, 6.07) is 11.0. The van der Waals surface area contributed by atoms with Gasteiger partial charge in [0.25, 0.3) is 5.22 Å². The van der Waals surface area contributed by atoms with Crippen LogP contribution in [0.1, 0.15) is 0 Å². The summed E-state index contributed by atoms with van der Waals surface area (Å²) in [6.45, 7) is 0. The average molecular weight is 392 g/mol. The fraction of sp³-hybridized carbons (Fsp3) is 0.118. The molecule has 2 aromatic carbocycles. The number of fused-ring (bicyclic) bond motifs is 1. The van der Waals surface area contributed by atoms with Crippen LogP contribution in [0, 0.1) is 0 Å². The highest BCUT2D eigenvalue weighted by molar-refractivity contribution is 7.98. The Morgan fingerprint density at radius 1 is 1.07 bits per heavy atom. The molecule has 27 heavy (non-hydrogen) atoms. The maximum absolute atomic E-state index is 12.3. The van der Waals surface area contributed by atoms with Gasteiger partial charge in [0.15, 0.2) is 0 Å². The van der Waals surface area contributed by atoms with E-state index in [4.69, 9.17) is 4.42 Å². The molecule has 0 unspecified atom stereocenters. The zero-order chi connectivity index (χ0) is 19.0. The van der Waals surface area contributed by atoms with Gasteiger partial charge in [0, 0.05) is 11.3 Å². The first-order chi connectivity index (χ1) is 12.9. The minimum absolute atomic E-state index is 0.285. The van der Waals surface area contributed by atoms with Gasteiger partial charge in [-0.25, -0.2) is 4.98 Å². The molecule has 2 aromatic heterocycles. The van der Waals surface area contributed by atoms with Crippen molar-refractivity contribution < 1.29 is 22.3 Å². The van der Waals surface area contributed by atoms with Crippen LogP contribution in [0.25, 0.3) is 28.2 Å². The van der Waals surface area contributed by atoms with Gasteiger partial charge in [0.05, 0.1) is 11.0 Å². The zero-order valence-corrected chi connectivity index (χ0v) is 14.6. The van der Waals surface area contributed by atoms with Gasteiger partial charge < -0.3 is 9.15 Å². The Bertz CT molecular complexity index is 1090. The summed E-state index contributed by atoms with van der Waals surface area (Å²) in [7, 11) is 0. The first kappa shape index (κ1) is 17.4. The molecule has 4 rings (SSSR count). The molecule has 6 nitrogen and oxygen atoms in total. The largest absolute Gasteiger partial charge is 0.573 e. The molecule has 10 heteroatoms. The van der Waals surface area contributed by atoms with E-state index >= 15 is 0 Å². The van der Waals surface area contributed by atoms with Crippen LogP contribution in [-0.2, 0) is 0 Å². The molecule has 2 heterocycles. The van der Waals surface area contributed by atoms with Crippen molar-refractivity contribution in [1.82, 2.24) is 19.7 Å². The van der Waals surface area contributed by atoms with Crippen LogP contribution in [-0.4, -0.2) is 32.4 Å². The van der Waals surface area contributed by atoms with Crippen LogP contribution < -0.4 is 4.74 Å². The average Bonchev–Trinajstić information content (AvgIpc) is 3.27. The zero-order valence-electron chi connectivity index (χ0n) is 13.8. The van der Waals surface area contributed by atoms with Gasteiger partial charge in [-0.1, -0.05) is 11.8 Å². The number of alkyl halides is 3. The van der Waals surface area contributed by atoms with Gasteiger partial charge in [-0.15, -0.1) is 23.4 Å². The Hall–Kier alpha value is -3.01. The summed E-state index contributed by atoms with van der Waals surface area (Å²) < 4.78 is 48.1. The van der Waals surface area contributed by atoms with Crippen molar-refractivity contribution in [3.05, 3.63) is 48.8 Å². The third-order valence-corrected chi connectivity index (χ3v) is 4.24. The van der Waals surface area contributed by atoms with Crippen molar-refractivity contribution in [1.29, 1.82) is 0 Å². The molecular weight excluding hydrogens is 381 g/mol. The van der Waals surface area contributed by atoms with E-state index in [1.54, 1.807) is 10.9 Å². The Morgan fingerprint density at radius 3 is 2.52 bits per heavy atom. The molecule has 0 fully saturated rings. The molecule has 0 amide bonds. The van der Waals surface area contributed by atoms with Crippen molar-refractivity contribution in [3.8, 4) is 22.9 Å². The van der Waals surface area contributed by atoms with Crippen LogP contribution in [0.3, 0.4) is 0 Å². The first-order valence-corrected chi connectivity index (χ1v) is 8.86. The number of nitrogens with zero attached hydrogens (tertiary/aromatic N) is 4. The highest BCUT2D eigenvalue weighted by Gasteiger charge is 2.31. The summed E-state index contributed by atoms with van der Waals surface area (Å²) in [5.74, 6) is 0.0924. The van der Waals surface area contributed by atoms with Gasteiger partial charge in [-0.3, -0.25) is 4.57 Å². The number of rotatable bonds is 4. The predicted octanol–water partition coefficient (Wildman–Crippen LogP) is 4.70. The fourth-order valence-corrected chi connectivity index (χ4v) is 2.85. The quantitative estimate of drug-likeness (QED) is 0.469. The molecule has 138 valence electrons. The topological polar surface area (TPSA) is 66.0 Å². The second kappa shape index (κ2) is 6.62. The Morgan fingerprint density at radius 2 is 1.85 bits per heavy atom. The van der Waals surface area contributed by atoms with Crippen LogP contribution in [0.15, 0.2) is 58.4 Å². The van der Waals surface area contributed by atoms with Gasteiger partial charge in [-0.05, 0) is 48.7 Å². The molecule has 0 bridgehead atoms. The first-order valence-electron chi connectivity index (χ1n) is 7.64. The normalized spacial score (nSPS) is 11.9. The molecule has 4 aromatic rings. The van der Waals surface area contributed by atoms with E-state index in [0.717, 1.165) is 11.0 Å². The Kier molecular flexibility index (Phi) is 4.27. The lowest BCUT2D eigenvalue weighted by molar-refractivity contribution is -0.274. The molecule has 0 aliphatic rings. The third-order valence-electron chi connectivity index (χ3n) is 3.72. The summed E-state index contributed by atoms with van der Waals surface area (Å²) in [4.78, 5) is 4.31. The van der Waals surface area contributed by atoms with E-state index in [1.807, 2.05) is 24.5 Å². The predicted molar refractivity (Wildman–Crippen MR) is 92.8 cm³/mol. The van der Waals surface area contributed by atoms with Gasteiger partial charge in [0.2, 0.25) is 5.89 Å². The highest BCUT2D eigenvalue weighted by Crippen LogP contribution is 2.28. The van der Waals surface area contributed by atoms with E-state index < -0.39 is 6.36 Å². The van der Waals surface area contributed by atoms with E-state index in [-0.39, 0.29) is 5.75 Å². The molecule has 0 aliphatic carbocycles. The van der Waals surface area contributed by atoms with E-state index in [9.17, 15) is 13.2 Å². The van der Waals surface area contributed by atoms with E-state index in [2.05, 4.69) is 19.9 Å². The van der Waals surface area contributed by atoms with Crippen LogP contribution >= 0.6 is 11.8 Å². The molecular formula is C17H11F3N4O2S. The maximum Gasteiger partial charge on any atom is 0.573 e. The van der Waals surface area contributed by atoms with Crippen molar-refractivity contribution in [3.63, 3.8) is 0 Å². The van der Waals surface area contributed by atoms with Crippen LogP contribution in [0.4, 0.5) is 13.2 Å². The summed E-state index contributed by atoms with van der Waals surface area (Å²) in [5.41, 5.74) is 2.83. The molecule has 0 spiro atoms. The van der Waals surface area contributed by atoms with Crippen molar-refractivity contribution in [2.24, 2.45) is 0 Å². The monoisotopic (exact) mass is 392 g/mol. The number of aromatic nitrogens is 4. The standard InChI is InChI=1S/C17H11F3N4O2S/c1-27-16-23-22-15(25-16)10-2-7-13-14(8-10)24(9-21-13)11-3-5-12(6-4-11)26-17(18,19)20/h2-9H,1H3. The van der Waals surface area contributed by atoms with Crippen LogP contribution in [0.5, 0.6) is 5.75 Å². The number of benzene rings is 2. The lowest BCUT2D eigenvalue weighted by Crippen LogP contribution is -2.17. The second-order valence-electron chi connectivity index (χ2n) is 5.44. The minimum atomic E-state index is -4.72. The lowest BCUT2D eigenvalue weighted by atomic mass is 10.2. The fourth-order valence-electron chi connectivity index (χ4n) is 2.56. The van der Waals surface area contributed by atoms with Crippen molar-refractivity contribution >= 4 is 22.8 Å².